The van der Waals surface area contributed by atoms with Crippen molar-refractivity contribution in [1.82, 2.24) is 4.98 Å². The number of hydrogen-bond acceptors (Lipinski definition) is 2. The van der Waals surface area contributed by atoms with Gasteiger partial charge in [-0.2, -0.15) is 0 Å². The highest BCUT2D eigenvalue weighted by Crippen LogP contribution is 2.13. The zero-order chi connectivity index (χ0) is 6.69. The Hall–Kier alpha value is -0.140. The Morgan fingerprint density at radius 3 is 2.78 bits per heavy atom. The summed E-state index contributed by atoms with van der Waals surface area (Å²) in [6.07, 6.45) is 1.68. The van der Waals surface area contributed by atoms with Crippen LogP contribution < -0.4 is 4.52 Å². The third-order valence-corrected chi connectivity index (χ3v) is 1.53. The number of nitrogens with zero attached hydrogens (tertiary/aromatic N) is 1. The summed E-state index contributed by atoms with van der Waals surface area (Å²) in [4.78, 5) is 3.91. The first-order valence-corrected chi connectivity index (χ1v) is 3.57. The molecule has 1 rings (SSSR count). The number of pyridine rings is 1. The minimum absolute atomic E-state index is 0.600. The van der Waals surface area contributed by atoms with E-state index in [0.29, 0.717) is 5.88 Å². The van der Waals surface area contributed by atoms with Gasteiger partial charge in [0.25, 0.3) is 0 Å². The summed E-state index contributed by atoms with van der Waals surface area (Å²) >= 11 is 3.25. The maximum Gasteiger partial charge on any atom is 0.215 e. The lowest BCUT2D eigenvalue weighted by atomic mass is 10.5. The second-order valence-corrected chi connectivity index (χ2v) is 2.58. The molecule has 1 heterocycles. The molecule has 1 aromatic rings. The molecular weight excluding hydrogens is 201 g/mol. The fourth-order valence-corrected chi connectivity index (χ4v) is 0.806. The number of hydrogen-bond donors (Lipinski definition) is 0. The molecule has 4 heteroatoms. The van der Waals surface area contributed by atoms with Crippen molar-refractivity contribution < 1.29 is 4.52 Å². The Balaban J connectivity index is 2.88. The molecule has 0 spiro atoms. The van der Waals surface area contributed by atoms with Gasteiger partial charge in [-0.15, -0.1) is 0 Å². The third-order valence-electron chi connectivity index (χ3n) is 0.821. The zero-order valence-corrected chi connectivity index (χ0v) is 7.28. The molecule has 0 amide bonds. The summed E-state index contributed by atoms with van der Waals surface area (Å²) in [7, 11) is 2.13. The highest BCUT2D eigenvalue weighted by molar-refractivity contribution is 9.10. The smallest absolute Gasteiger partial charge is 0.215 e. The van der Waals surface area contributed by atoms with E-state index in [-0.39, 0.29) is 0 Å². The van der Waals surface area contributed by atoms with Crippen molar-refractivity contribution >= 4 is 25.4 Å². The van der Waals surface area contributed by atoms with Crippen molar-refractivity contribution in [2.45, 2.75) is 0 Å². The molecule has 0 bridgehead atoms. The highest BCUT2D eigenvalue weighted by Gasteiger charge is 1.88. The third kappa shape index (κ3) is 1.92. The summed E-state index contributed by atoms with van der Waals surface area (Å²) in [5.41, 5.74) is 0. The van der Waals surface area contributed by atoms with E-state index in [4.69, 9.17) is 4.52 Å². The van der Waals surface area contributed by atoms with Crippen LogP contribution in [0.1, 0.15) is 0 Å². The predicted octanol–water partition coefficient (Wildman–Crippen LogP) is 2.01. The minimum Gasteiger partial charge on any atom is -0.463 e. The minimum atomic E-state index is 0.600. The lowest BCUT2D eigenvalue weighted by Gasteiger charge is -1.94. The Morgan fingerprint density at radius 2 is 2.33 bits per heavy atom. The normalized spacial score (nSPS) is 9.11. The lowest BCUT2D eigenvalue weighted by molar-refractivity contribution is 0.615. The number of halogens is 1. The Bertz CT molecular complexity index is 189. The van der Waals surface area contributed by atoms with Crippen molar-refractivity contribution in [1.29, 1.82) is 0 Å². The van der Waals surface area contributed by atoms with E-state index >= 15 is 0 Å². The SMILES string of the molecule is POc1ccc(Br)cn1. The number of aromatic nitrogens is 1. The van der Waals surface area contributed by atoms with Crippen molar-refractivity contribution in [3.8, 4) is 5.88 Å². The van der Waals surface area contributed by atoms with E-state index in [0.717, 1.165) is 4.47 Å². The van der Waals surface area contributed by atoms with Gasteiger partial charge in [-0.3, -0.25) is 0 Å². The molecule has 0 aromatic carbocycles. The standard InChI is InChI=1S/C5H5BrNOP/c6-4-1-2-5(8-9)7-3-4/h1-3H,9H2. The molecule has 0 radical (unpaired) electrons. The summed E-state index contributed by atoms with van der Waals surface area (Å²) in [5.74, 6) is 0.600. The topological polar surface area (TPSA) is 22.1 Å². The van der Waals surface area contributed by atoms with Gasteiger partial charge < -0.3 is 4.52 Å². The fraction of sp³-hybridized carbons (Fsp3) is 0. The van der Waals surface area contributed by atoms with Gasteiger partial charge in [-0.25, -0.2) is 4.98 Å². The molecule has 0 saturated heterocycles. The average molecular weight is 206 g/mol. The molecule has 2 nitrogen and oxygen atoms in total. The Kier molecular flexibility index (Phi) is 2.43. The molecule has 0 fully saturated rings. The molecule has 0 aliphatic rings. The van der Waals surface area contributed by atoms with Gasteiger partial charge in [0.05, 0.1) is 9.47 Å². The van der Waals surface area contributed by atoms with E-state index in [1.807, 2.05) is 6.07 Å². The molecular formula is C5H5BrNOP. The van der Waals surface area contributed by atoms with E-state index in [1.54, 1.807) is 12.3 Å². The largest absolute Gasteiger partial charge is 0.463 e. The van der Waals surface area contributed by atoms with E-state index in [1.165, 1.54) is 0 Å². The molecule has 0 N–H and O–H groups in total. The maximum atomic E-state index is 4.75. The molecule has 1 atom stereocenters. The highest BCUT2D eigenvalue weighted by atomic mass is 79.9. The van der Waals surface area contributed by atoms with Crippen LogP contribution in [0, 0.1) is 0 Å². The summed E-state index contributed by atoms with van der Waals surface area (Å²) in [6.45, 7) is 0. The van der Waals surface area contributed by atoms with Crippen LogP contribution in [0.5, 0.6) is 5.88 Å². The molecule has 0 saturated carbocycles. The van der Waals surface area contributed by atoms with Crippen LogP contribution in [0.3, 0.4) is 0 Å². The van der Waals surface area contributed by atoms with Crippen LogP contribution in [0.4, 0.5) is 0 Å². The van der Waals surface area contributed by atoms with Crippen molar-refractivity contribution in [3.63, 3.8) is 0 Å². The summed E-state index contributed by atoms with van der Waals surface area (Å²) in [5, 5.41) is 0. The van der Waals surface area contributed by atoms with Gasteiger partial charge in [0.2, 0.25) is 5.88 Å². The molecule has 1 unspecified atom stereocenters. The fourth-order valence-electron chi connectivity index (χ4n) is 0.432. The van der Waals surface area contributed by atoms with Gasteiger partial charge in [-0.05, 0) is 22.0 Å². The first-order chi connectivity index (χ1) is 4.33. The van der Waals surface area contributed by atoms with Crippen LogP contribution in [0.2, 0.25) is 0 Å². The van der Waals surface area contributed by atoms with Crippen LogP contribution in [0.25, 0.3) is 0 Å². The van der Waals surface area contributed by atoms with Gasteiger partial charge in [0, 0.05) is 16.7 Å². The van der Waals surface area contributed by atoms with Gasteiger partial charge in [0.1, 0.15) is 0 Å². The van der Waals surface area contributed by atoms with Crippen molar-refractivity contribution in [3.05, 3.63) is 22.8 Å². The molecule has 48 valence electrons. The molecule has 9 heavy (non-hydrogen) atoms. The average Bonchev–Trinajstić information content (AvgIpc) is 1.90. The van der Waals surface area contributed by atoms with E-state index in [9.17, 15) is 0 Å². The zero-order valence-electron chi connectivity index (χ0n) is 4.54. The second-order valence-electron chi connectivity index (χ2n) is 1.43. The van der Waals surface area contributed by atoms with Crippen LogP contribution in [0.15, 0.2) is 22.8 Å². The monoisotopic (exact) mass is 205 g/mol. The van der Waals surface area contributed by atoms with Gasteiger partial charge >= 0.3 is 0 Å². The maximum absolute atomic E-state index is 4.75. The predicted molar refractivity (Wildman–Crippen MR) is 42.3 cm³/mol. The van der Waals surface area contributed by atoms with E-state index < -0.39 is 0 Å². The van der Waals surface area contributed by atoms with Crippen LogP contribution in [-0.2, 0) is 0 Å². The summed E-state index contributed by atoms with van der Waals surface area (Å²) < 4.78 is 5.71. The number of rotatable bonds is 1. The quantitative estimate of drug-likeness (QED) is 0.655. The summed E-state index contributed by atoms with van der Waals surface area (Å²) in [6, 6.07) is 3.64. The van der Waals surface area contributed by atoms with Crippen LogP contribution >= 0.6 is 25.4 Å². The van der Waals surface area contributed by atoms with Crippen molar-refractivity contribution in [2.24, 2.45) is 0 Å². The lowest BCUT2D eigenvalue weighted by Crippen LogP contribution is -1.77. The molecule has 0 aliphatic carbocycles. The molecule has 0 aliphatic heterocycles. The first kappa shape index (κ1) is 6.97. The first-order valence-electron chi connectivity index (χ1n) is 2.31. The second kappa shape index (κ2) is 3.14. The Morgan fingerprint density at radius 1 is 1.56 bits per heavy atom. The van der Waals surface area contributed by atoms with Crippen molar-refractivity contribution in [2.75, 3.05) is 0 Å². The molecule has 1 aromatic heterocycles. The Labute approximate surface area is 64.0 Å². The van der Waals surface area contributed by atoms with Crippen LogP contribution in [-0.4, -0.2) is 4.98 Å². The van der Waals surface area contributed by atoms with Gasteiger partial charge in [-0.1, -0.05) is 0 Å². The van der Waals surface area contributed by atoms with Gasteiger partial charge in [0.15, 0.2) is 0 Å². The van der Waals surface area contributed by atoms with E-state index in [2.05, 4.69) is 30.4 Å².